The van der Waals surface area contributed by atoms with Gasteiger partial charge in [-0.15, -0.1) is 11.3 Å². The minimum absolute atomic E-state index is 0. The molecule has 0 amide bonds. The van der Waals surface area contributed by atoms with Gasteiger partial charge in [-0.05, 0) is 71.1 Å². The van der Waals surface area contributed by atoms with Gasteiger partial charge in [-0.25, -0.2) is 0 Å². The van der Waals surface area contributed by atoms with Crippen LogP contribution in [0.25, 0.3) is 77.3 Å². The zero-order chi connectivity index (χ0) is 36.6. The van der Waals surface area contributed by atoms with Crippen LogP contribution in [0.15, 0.2) is 151 Å². The topological polar surface area (TPSA) is 112 Å². The fraction of sp³-hybridized carbons (Fsp3) is 0.0851. The largest absolute Gasteiger partial charge is 0.277 e. The Kier molecular flexibility index (Phi) is 9.34. The predicted octanol–water partition coefficient (Wildman–Crippen LogP) is 11.4. The van der Waals surface area contributed by atoms with Crippen molar-refractivity contribution in [3.63, 3.8) is 0 Å². The van der Waals surface area contributed by atoms with E-state index in [-0.39, 0.29) is 7.43 Å². The maximum atomic E-state index is 4.51. The molecule has 2 aliphatic rings. The van der Waals surface area contributed by atoms with E-state index in [0.29, 0.717) is 0 Å². The number of thiophene rings is 1. The van der Waals surface area contributed by atoms with Crippen LogP contribution in [0.5, 0.6) is 0 Å². The van der Waals surface area contributed by atoms with Crippen LogP contribution in [-0.4, -0.2) is 40.6 Å². The molecule has 9 heteroatoms. The van der Waals surface area contributed by atoms with Gasteiger partial charge in [0.1, 0.15) is 5.69 Å². The van der Waals surface area contributed by atoms with Crippen molar-refractivity contribution >= 4 is 33.0 Å². The summed E-state index contributed by atoms with van der Waals surface area (Å²) in [6.45, 7) is 0. The third-order valence-corrected chi connectivity index (χ3v) is 11.3. The third-order valence-electron chi connectivity index (χ3n) is 10.4. The third kappa shape index (κ3) is 6.27. The van der Waals surface area contributed by atoms with Crippen molar-refractivity contribution in [3.8, 4) is 55.6 Å². The molecule has 0 unspecified atom stereocenters. The second-order valence-electron chi connectivity index (χ2n) is 13.6. The maximum absolute atomic E-state index is 4.51. The zero-order valence-corrected chi connectivity index (χ0v) is 30.5. The summed E-state index contributed by atoms with van der Waals surface area (Å²) in [5.41, 5.74) is 16.8. The Labute approximate surface area is 328 Å². The van der Waals surface area contributed by atoms with Crippen LogP contribution in [0.2, 0.25) is 0 Å². The van der Waals surface area contributed by atoms with E-state index in [1.807, 2.05) is 42.7 Å². The van der Waals surface area contributed by atoms with Gasteiger partial charge >= 0.3 is 0 Å². The Hall–Kier alpha value is -6.97. The number of pyridine rings is 2. The van der Waals surface area contributed by atoms with Crippen LogP contribution in [0.1, 0.15) is 29.7 Å². The van der Waals surface area contributed by atoms with Crippen LogP contribution in [0, 0.1) is 0 Å². The number of benzene rings is 4. The number of aryl methyl sites for hydroxylation is 1. The van der Waals surface area contributed by atoms with Crippen molar-refractivity contribution in [1.29, 1.82) is 0 Å². The van der Waals surface area contributed by atoms with Crippen molar-refractivity contribution in [1.82, 2.24) is 40.6 Å². The smallest absolute Gasteiger partial charge is 0.100 e. The molecule has 0 atom stereocenters. The Morgan fingerprint density at radius 1 is 0.482 bits per heavy atom. The monoisotopic (exact) mass is 746 g/mol. The van der Waals surface area contributed by atoms with E-state index in [4.69, 9.17) is 0 Å². The molecule has 272 valence electrons. The first kappa shape index (κ1) is 34.8. The highest BCUT2D eigenvalue weighted by Crippen LogP contribution is 2.41. The SMILES string of the molecule is C.c1ccc2c(c1)CCc1c(-c3ccncc3)n[nH]c1-2.c1ccc2c(c1)ccc1c(-c3ccncc3)n[nH]c12.c1csc(-c2[nH]nc3c2Cc2ccccc2-3)c1. The van der Waals surface area contributed by atoms with Gasteiger partial charge in [0.05, 0.1) is 33.2 Å². The van der Waals surface area contributed by atoms with Gasteiger partial charge in [0.25, 0.3) is 0 Å². The lowest BCUT2D eigenvalue weighted by molar-refractivity contribution is 0.943. The first-order valence-corrected chi connectivity index (χ1v) is 19.2. The maximum Gasteiger partial charge on any atom is 0.100 e. The van der Waals surface area contributed by atoms with Crippen molar-refractivity contribution < 1.29 is 0 Å². The van der Waals surface area contributed by atoms with Crippen LogP contribution in [0.4, 0.5) is 0 Å². The number of nitrogens with one attached hydrogen (secondary N) is 3. The van der Waals surface area contributed by atoms with E-state index in [1.54, 1.807) is 23.7 Å². The molecule has 10 aromatic rings. The Balaban J connectivity index is 0.000000109. The molecule has 56 heavy (non-hydrogen) atoms. The van der Waals surface area contributed by atoms with Gasteiger partial charge in [0.15, 0.2) is 0 Å². The van der Waals surface area contributed by atoms with Crippen molar-refractivity contribution in [3.05, 3.63) is 174 Å². The van der Waals surface area contributed by atoms with Crippen LogP contribution >= 0.6 is 11.3 Å². The van der Waals surface area contributed by atoms with Crippen molar-refractivity contribution in [2.45, 2.75) is 26.7 Å². The molecule has 0 spiro atoms. The van der Waals surface area contributed by atoms with Gasteiger partial charge < -0.3 is 0 Å². The molecule has 4 aromatic carbocycles. The van der Waals surface area contributed by atoms with E-state index in [2.05, 4.69) is 137 Å². The molecule has 0 fully saturated rings. The standard InChI is InChI=1S/C16H13N3.C16H11N3.C14H10N2S.CH4/c2*1-2-4-13-11(3-1)5-6-14-15(18-19-16(13)14)12-7-9-17-10-8-12;1-2-5-10-9(4-1)8-11-13(10)15-16-14(11)12-6-3-7-17-12;/h1-4,7-10H,5-6H2,(H,18,19);1-10H,(H,18,19);1-7H,8H2,(H,15,16);1H4. The highest BCUT2D eigenvalue weighted by atomic mass is 32.1. The first-order chi connectivity index (χ1) is 27.3. The molecule has 8 nitrogen and oxygen atoms in total. The summed E-state index contributed by atoms with van der Waals surface area (Å²) < 4.78 is 0. The zero-order valence-electron chi connectivity index (χ0n) is 29.7. The molecule has 0 saturated carbocycles. The Morgan fingerprint density at radius 2 is 1.14 bits per heavy atom. The minimum Gasteiger partial charge on any atom is -0.277 e. The molecule has 0 aliphatic heterocycles. The lowest BCUT2D eigenvalue weighted by Gasteiger charge is -2.16. The highest BCUT2D eigenvalue weighted by Gasteiger charge is 2.25. The minimum atomic E-state index is 0. The molecule has 6 heterocycles. The molecular weight excluding hydrogens is 709 g/mol. The lowest BCUT2D eigenvalue weighted by Crippen LogP contribution is -2.03. The predicted molar refractivity (Wildman–Crippen MR) is 228 cm³/mol. The highest BCUT2D eigenvalue weighted by molar-refractivity contribution is 7.13. The quantitative estimate of drug-likeness (QED) is 0.167. The van der Waals surface area contributed by atoms with Gasteiger partial charge in [-0.1, -0.05) is 92.4 Å². The number of hydrogen-bond acceptors (Lipinski definition) is 6. The molecular formula is C47H38N8S. The van der Waals surface area contributed by atoms with Crippen LogP contribution in [-0.2, 0) is 19.3 Å². The summed E-state index contributed by atoms with van der Waals surface area (Å²) in [6.07, 6.45) is 10.3. The molecule has 3 N–H and O–H groups in total. The second-order valence-corrected chi connectivity index (χ2v) is 14.5. The van der Waals surface area contributed by atoms with Crippen molar-refractivity contribution in [2.75, 3.05) is 0 Å². The van der Waals surface area contributed by atoms with Crippen LogP contribution < -0.4 is 0 Å². The normalized spacial score (nSPS) is 11.9. The van der Waals surface area contributed by atoms with E-state index in [0.717, 1.165) is 58.4 Å². The Morgan fingerprint density at radius 3 is 1.93 bits per heavy atom. The number of hydrogen-bond donors (Lipinski definition) is 3. The fourth-order valence-electron chi connectivity index (χ4n) is 7.79. The molecule has 0 radical (unpaired) electrons. The van der Waals surface area contributed by atoms with Gasteiger partial charge in [0.2, 0.25) is 0 Å². The molecule has 0 saturated heterocycles. The fourth-order valence-corrected chi connectivity index (χ4v) is 8.54. The molecule has 0 bridgehead atoms. The molecule has 2 aliphatic carbocycles. The summed E-state index contributed by atoms with van der Waals surface area (Å²) in [4.78, 5) is 9.38. The van der Waals surface area contributed by atoms with Crippen molar-refractivity contribution in [2.24, 2.45) is 0 Å². The summed E-state index contributed by atoms with van der Waals surface area (Å²) in [5.74, 6) is 0. The average Bonchev–Trinajstić information content (AvgIpc) is 4.11. The number of nitrogens with zero attached hydrogens (tertiary/aromatic N) is 5. The number of aromatic nitrogens is 8. The molecule has 6 aromatic heterocycles. The first-order valence-electron chi connectivity index (χ1n) is 18.3. The number of aromatic amines is 3. The lowest BCUT2D eigenvalue weighted by atomic mass is 9.88. The van der Waals surface area contributed by atoms with E-state index in [9.17, 15) is 0 Å². The molecule has 12 rings (SSSR count). The van der Waals surface area contributed by atoms with Gasteiger partial charge in [-0.3, -0.25) is 25.3 Å². The number of H-pyrrole nitrogens is 3. The summed E-state index contributed by atoms with van der Waals surface area (Å²) >= 11 is 1.75. The van der Waals surface area contributed by atoms with Crippen LogP contribution in [0.3, 0.4) is 0 Å². The van der Waals surface area contributed by atoms with Gasteiger partial charge in [0, 0.05) is 75.4 Å². The number of fused-ring (bicyclic) bond motifs is 9. The van der Waals surface area contributed by atoms with E-state index in [1.165, 1.54) is 60.4 Å². The summed E-state index contributed by atoms with van der Waals surface area (Å²) in [5, 5.41) is 28.7. The van der Waals surface area contributed by atoms with E-state index >= 15 is 0 Å². The summed E-state index contributed by atoms with van der Waals surface area (Å²) in [7, 11) is 0. The number of rotatable bonds is 3. The van der Waals surface area contributed by atoms with E-state index < -0.39 is 0 Å². The average molecular weight is 747 g/mol. The van der Waals surface area contributed by atoms with Gasteiger partial charge in [-0.2, -0.15) is 15.3 Å². The summed E-state index contributed by atoms with van der Waals surface area (Å²) in [6, 6.07) is 41.9. The second kappa shape index (κ2) is 15.0. The Bertz CT molecular complexity index is 2890.